The SMILES string of the molecule is NC(=O)c1sc2nc(N3CCC(NCC(O)c4ccc(OCc5ccccc5)cc4)CC3)cc(C(F)(F)F)c2c1N. The number of pyridine rings is 1. The zero-order valence-electron chi connectivity index (χ0n) is 22.0. The Hall–Kier alpha value is -3.87. The van der Waals surface area contributed by atoms with Crippen molar-refractivity contribution in [1.82, 2.24) is 10.3 Å². The van der Waals surface area contributed by atoms with Crippen LogP contribution in [0.2, 0.25) is 0 Å². The molecule has 1 aliphatic heterocycles. The van der Waals surface area contributed by atoms with Gasteiger partial charge in [0.1, 0.15) is 27.9 Å². The Morgan fingerprint density at radius 2 is 1.83 bits per heavy atom. The number of carbonyl (C=O) groups is 1. The van der Waals surface area contributed by atoms with Gasteiger partial charge in [-0.15, -0.1) is 11.3 Å². The molecule has 216 valence electrons. The standard InChI is InChI=1S/C29H30F3N5O3S/c30-29(31,32)21-14-23(36-28-24(21)25(33)26(41-28)27(34)39)37-12-10-19(11-13-37)35-15-22(38)18-6-8-20(9-7-18)40-16-17-4-2-1-3-5-17/h1-9,14,19,22,35,38H,10-13,15-16,33H2,(H2,34,39). The molecule has 3 heterocycles. The normalized spacial score (nSPS) is 15.3. The van der Waals surface area contributed by atoms with Gasteiger partial charge in [-0.05, 0) is 42.2 Å². The van der Waals surface area contributed by atoms with Crippen LogP contribution >= 0.6 is 11.3 Å². The maximum atomic E-state index is 13.9. The van der Waals surface area contributed by atoms with Crippen LogP contribution in [0.1, 0.15) is 45.3 Å². The summed E-state index contributed by atoms with van der Waals surface area (Å²) in [5, 5.41) is 13.8. The van der Waals surface area contributed by atoms with Crippen LogP contribution in [0.25, 0.3) is 10.2 Å². The number of primary amides is 1. The summed E-state index contributed by atoms with van der Waals surface area (Å²) >= 11 is 0.767. The van der Waals surface area contributed by atoms with Crippen molar-refractivity contribution in [3.05, 3.63) is 82.2 Å². The number of aromatic nitrogens is 1. The minimum absolute atomic E-state index is 0.0287. The Bertz CT molecular complexity index is 1500. The maximum absolute atomic E-state index is 13.9. The first-order chi connectivity index (χ1) is 19.6. The molecular weight excluding hydrogens is 555 g/mol. The molecule has 0 radical (unpaired) electrons. The topological polar surface area (TPSA) is 127 Å². The van der Waals surface area contributed by atoms with E-state index in [-0.39, 0.29) is 32.6 Å². The summed E-state index contributed by atoms with van der Waals surface area (Å²) in [6.45, 7) is 1.74. The second kappa shape index (κ2) is 11.9. The highest BCUT2D eigenvalue weighted by Crippen LogP contribution is 2.43. The second-order valence-corrected chi connectivity index (χ2v) is 10.9. The number of halogens is 3. The number of amides is 1. The summed E-state index contributed by atoms with van der Waals surface area (Å²) in [5.41, 5.74) is 11.7. The van der Waals surface area contributed by atoms with Gasteiger partial charge in [-0.2, -0.15) is 13.2 Å². The van der Waals surface area contributed by atoms with Gasteiger partial charge in [0.2, 0.25) is 0 Å². The van der Waals surface area contributed by atoms with Gasteiger partial charge in [-0.1, -0.05) is 42.5 Å². The van der Waals surface area contributed by atoms with Gasteiger partial charge in [0.25, 0.3) is 5.91 Å². The lowest BCUT2D eigenvalue weighted by molar-refractivity contribution is -0.136. The van der Waals surface area contributed by atoms with Crippen molar-refractivity contribution in [2.24, 2.45) is 5.73 Å². The van der Waals surface area contributed by atoms with Crippen LogP contribution in [0.3, 0.4) is 0 Å². The van der Waals surface area contributed by atoms with Gasteiger partial charge in [0.15, 0.2) is 0 Å². The monoisotopic (exact) mass is 585 g/mol. The third-order valence-corrected chi connectivity index (χ3v) is 8.26. The van der Waals surface area contributed by atoms with E-state index in [9.17, 15) is 23.1 Å². The average Bonchev–Trinajstić information content (AvgIpc) is 3.31. The summed E-state index contributed by atoms with van der Waals surface area (Å²) in [6, 6.07) is 18.2. The van der Waals surface area contributed by atoms with E-state index in [0.717, 1.165) is 28.5 Å². The number of hydrogen-bond donors (Lipinski definition) is 4. The van der Waals surface area contributed by atoms with Gasteiger partial charge >= 0.3 is 6.18 Å². The first-order valence-corrected chi connectivity index (χ1v) is 13.9. The van der Waals surface area contributed by atoms with Crippen LogP contribution in [0.5, 0.6) is 5.75 Å². The molecule has 0 bridgehead atoms. The first kappa shape index (κ1) is 28.7. The Balaban J connectivity index is 1.16. The molecule has 6 N–H and O–H groups in total. The molecule has 5 rings (SSSR count). The third kappa shape index (κ3) is 6.55. The van der Waals surface area contributed by atoms with Gasteiger partial charge < -0.3 is 31.5 Å². The molecule has 0 aliphatic carbocycles. The number of ether oxygens (including phenoxy) is 1. The van der Waals surface area contributed by atoms with Crippen LogP contribution in [0.4, 0.5) is 24.7 Å². The molecule has 2 aromatic carbocycles. The van der Waals surface area contributed by atoms with Crippen molar-refractivity contribution in [3.8, 4) is 5.75 Å². The van der Waals surface area contributed by atoms with E-state index in [4.69, 9.17) is 16.2 Å². The molecule has 4 aromatic rings. The highest BCUT2D eigenvalue weighted by molar-refractivity contribution is 7.21. The number of anilines is 2. The number of thiophene rings is 1. The Morgan fingerprint density at radius 3 is 2.46 bits per heavy atom. The lowest BCUT2D eigenvalue weighted by Gasteiger charge is -2.34. The number of aliphatic hydroxyl groups is 1. The molecule has 12 heteroatoms. The Labute approximate surface area is 238 Å². The number of benzene rings is 2. The lowest BCUT2D eigenvalue weighted by Crippen LogP contribution is -2.44. The minimum Gasteiger partial charge on any atom is -0.489 e. The summed E-state index contributed by atoms with van der Waals surface area (Å²) in [7, 11) is 0. The molecule has 1 fully saturated rings. The van der Waals surface area contributed by atoms with E-state index in [0.29, 0.717) is 44.8 Å². The average molecular weight is 586 g/mol. The molecule has 1 atom stereocenters. The van der Waals surface area contributed by atoms with Crippen molar-refractivity contribution in [2.75, 3.05) is 30.3 Å². The van der Waals surface area contributed by atoms with Crippen molar-refractivity contribution in [3.63, 3.8) is 0 Å². The summed E-state index contributed by atoms with van der Waals surface area (Å²) < 4.78 is 47.5. The molecule has 0 spiro atoms. The molecule has 1 saturated heterocycles. The first-order valence-electron chi connectivity index (χ1n) is 13.1. The number of alkyl halides is 3. The number of aliphatic hydroxyl groups excluding tert-OH is 1. The smallest absolute Gasteiger partial charge is 0.417 e. The highest BCUT2D eigenvalue weighted by Gasteiger charge is 2.37. The number of nitrogen functional groups attached to an aromatic ring is 1. The molecule has 0 saturated carbocycles. The van der Waals surface area contributed by atoms with E-state index in [1.165, 1.54) is 0 Å². The molecule has 1 unspecified atom stereocenters. The molecule has 8 nitrogen and oxygen atoms in total. The Morgan fingerprint density at radius 1 is 1.15 bits per heavy atom. The van der Waals surface area contributed by atoms with Crippen LogP contribution in [0.15, 0.2) is 60.7 Å². The number of nitrogens with one attached hydrogen (secondary N) is 1. The third-order valence-electron chi connectivity index (χ3n) is 7.15. The number of nitrogens with zero attached hydrogens (tertiary/aromatic N) is 2. The second-order valence-electron chi connectivity index (χ2n) is 9.94. The van der Waals surface area contributed by atoms with E-state index in [2.05, 4.69) is 10.3 Å². The van der Waals surface area contributed by atoms with Crippen LogP contribution in [0, 0.1) is 0 Å². The van der Waals surface area contributed by atoms with Gasteiger partial charge in [-0.3, -0.25) is 4.79 Å². The fraction of sp³-hybridized carbons (Fsp3) is 0.310. The fourth-order valence-corrected chi connectivity index (χ4v) is 5.88. The molecular formula is C29H30F3N5O3S. The van der Waals surface area contributed by atoms with Crippen LogP contribution in [-0.4, -0.2) is 41.7 Å². The van der Waals surface area contributed by atoms with Crippen molar-refractivity contribution in [2.45, 2.75) is 37.8 Å². The molecule has 41 heavy (non-hydrogen) atoms. The number of hydrogen-bond acceptors (Lipinski definition) is 8. The zero-order chi connectivity index (χ0) is 29.1. The van der Waals surface area contributed by atoms with E-state index in [1.54, 1.807) is 4.90 Å². The summed E-state index contributed by atoms with van der Waals surface area (Å²) in [6.07, 6.45) is -4.10. The van der Waals surface area contributed by atoms with Gasteiger partial charge in [0, 0.05) is 31.1 Å². The van der Waals surface area contributed by atoms with Crippen molar-refractivity contribution < 1.29 is 27.8 Å². The molecule has 1 aliphatic rings. The molecule has 2 aromatic heterocycles. The Kier molecular flexibility index (Phi) is 8.34. The number of nitrogens with two attached hydrogens (primary N) is 2. The lowest BCUT2D eigenvalue weighted by atomic mass is 10.0. The van der Waals surface area contributed by atoms with E-state index in [1.807, 2.05) is 54.6 Å². The zero-order valence-corrected chi connectivity index (χ0v) is 22.8. The van der Waals surface area contributed by atoms with E-state index >= 15 is 0 Å². The number of rotatable bonds is 9. The van der Waals surface area contributed by atoms with Crippen molar-refractivity contribution >= 4 is 39.0 Å². The molecule has 1 amide bonds. The van der Waals surface area contributed by atoms with E-state index < -0.39 is 23.8 Å². The van der Waals surface area contributed by atoms with Crippen LogP contribution in [-0.2, 0) is 12.8 Å². The predicted molar refractivity (Wildman–Crippen MR) is 153 cm³/mol. The number of piperidine rings is 1. The number of fused-ring (bicyclic) bond motifs is 1. The maximum Gasteiger partial charge on any atom is 0.417 e. The van der Waals surface area contributed by atoms with Crippen LogP contribution < -0.4 is 26.4 Å². The summed E-state index contributed by atoms with van der Waals surface area (Å²) in [5.74, 6) is -0.00145. The van der Waals surface area contributed by atoms with Gasteiger partial charge in [-0.25, -0.2) is 4.98 Å². The van der Waals surface area contributed by atoms with Gasteiger partial charge in [0.05, 0.1) is 17.4 Å². The fourth-order valence-electron chi connectivity index (χ4n) is 4.91. The highest BCUT2D eigenvalue weighted by atomic mass is 32.1. The quantitative estimate of drug-likeness (QED) is 0.221. The largest absolute Gasteiger partial charge is 0.489 e. The predicted octanol–water partition coefficient (Wildman–Crippen LogP) is 4.87. The van der Waals surface area contributed by atoms with Crippen molar-refractivity contribution in [1.29, 1.82) is 0 Å². The summed E-state index contributed by atoms with van der Waals surface area (Å²) in [4.78, 5) is 17.8. The minimum atomic E-state index is -4.68. The number of carbonyl (C=O) groups excluding carboxylic acids is 1.